The number of rotatable bonds is 11. The zero-order valence-electron chi connectivity index (χ0n) is 19.2. The highest BCUT2D eigenvalue weighted by atomic mass is 19.1. The van der Waals surface area contributed by atoms with Crippen molar-refractivity contribution >= 4 is 0 Å². The van der Waals surface area contributed by atoms with Crippen molar-refractivity contribution in [2.45, 2.75) is 103 Å². The summed E-state index contributed by atoms with van der Waals surface area (Å²) in [7, 11) is 0. The zero-order chi connectivity index (χ0) is 21.0. The minimum absolute atomic E-state index is 0.708. The molecule has 0 spiro atoms. The van der Waals surface area contributed by atoms with E-state index >= 15 is 0 Å². The van der Waals surface area contributed by atoms with Crippen LogP contribution in [-0.2, 0) is 0 Å². The molecule has 0 atom stereocenters. The molecule has 1 nitrogen and oxygen atoms in total. The highest BCUT2D eigenvalue weighted by Crippen LogP contribution is 2.44. The largest absolute Gasteiger partial charge is 0.494 e. The zero-order valence-corrected chi connectivity index (χ0v) is 19.2. The van der Waals surface area contributed by atoms with Crippen molar-refractivity contribution in [3.05, 3.63) is 42.2 Å². The first kappa shape index (κ1) is 23.4. The van der Waals surface area contributed by atoms with Gasteiger partial charge in [0.2, 0.25) is 0 Å². The van der Waals surface area contributed by atoms with E-state index < -0.39 is 0 Å². The predicted octanol–water partition coefficient (Wildman–Crippen LogP) is 8.99. The van der Waals surface area contributed by atoms with Gasteiger partial charge in [-0.15, -0.1) is 0 Å². The second kappa shape index (κ2) is 13.2. The lowest BCUT2D eigenvalue weighted by atomic mass is 9.68. The van der Waals surface area contributed by atoms with E-state index in [1.165, 1.54) is 82.6 Å². The molecule has 0 heterocycles. The topological polar surface area (TPSA) is 9.23 Å². The Kier molecular flexibility index (Phi) is 10.3. The van der Waals surface area contributed by atoms with Crippen molar-refractivity contribution in [1.82, 2.24) is 0 Å². The molecule has 168 valence electrons. The fourth-order valence-electron chi connectivity index (χ4n) is 5.82. The maximum Gasteiger partial charge on any atom is 0.119 e. The van der Waals surface area contributed by atoms with Crippen molar-refractivity contribution in [3.63, 3.8) is 0 Å². The standard InChI is InChI=1S/C28H43FO/c1-2-3-4-7-22-30-28-19-17-27(18-20-28)26-15-13-25(14-16-26)24-11-9-23(10-12-24)8-5-6-21-29/h6,17-21,23-26H,2-5,7-16,22H2,1H3/b21-6+/t23-,24-,25-,26-. The Morgan fingerprint density at radius 3 is 2.17 bits per heavy atom. The quantitative estimate of drug-likeness (QED) is 0.328. The van der Waals surface area contributed by atoms with Gasteiger partial charge in [0.1, 0.15) is 5.75 Å². The van der Waals surface area contributed by atoms with Crippen LogP contribution in [0, 0.1) is 17.8 Å². The SMILES string of the molecule is CCCCCCOc1ccc([C@H]2CC[C@H]([C@H]3CC[C@H](CC/C=C/F)CC3)CC2)cc1. The van der Waals surface area contributed by atoms with Gasteiger partial charge >= 0.3 is 0 Å². The van der Waals surface area contributed by atoms with Gasteiger partial charge in [-0.2, -0.15) is 0 Å². The molecule has 2 aliphatic carbocycles. The lowest BCUT2D eigenvalue weighted by Crippen LogP contribution is -2.25. The predicted molar refractivity (Wildman–Crippen MR) is 126 cm³/mol. The maximum absolute atomic E-state index is 12.1. The van der Waals surface area contributed by atoms with Crippen molar-refractivity contribution in [1.29, 1.82) is 0 Å². The van der Waals surface area contributed by atoms with Crippen LogP contribution in [0.1, 0.15) is 108 Å². The Labute approximate surface area is 184 Å². The fraction of sp³-hybridized carbons (Fsp3) is 0.714. The minimum Gasteiger partial charge on any atom is -0.494 e. The fourth-order valence-corrected chi connectivity index (χ4v) is 5.82. The number of hydrogen-bond donors (Lipinski definition) is 0. The van der Waals surface area contributed by atoms with Crippen LogP contribution < -0.4 is 4.74 Å². The molecule has 30 heavy (non-hydrogen) atoms. The highest BCUT2D eigenvalue weighted by Gasteiger charge is 2.31. The van der Waals surface area contributed by atoms with E-state index in [0.29, 0.717) is 6.33 Å². The van der Waals surface area contributed by atoms with Crippen molar-refractivity contribution < 1.29 is 9.13 Å². The molecular weight excluding hydrogens is 371 g/mol. The Balaban J connectivity index is 1.35. The number of benzene rings is 1. The summed E-state index contributed by atoms with van der Waals surface area (Å²) in [4.78, 5) is 0. The minimum atomic E-state index is 0.708. The van der Waals surface area contributed by atoms with Gasteiger partial charge in [0.25, 0.3) is 0 Å². The molecule has 0 saturated heterocycles. The maximum atomic E-state index is 12.1. The first-order chi connectivity index (χ1) is 14.8. The normalized spacial score (nSPS) is 27.4. The van der Waals surface area contributed by atoms with Crippen LogP contribution in [0.3, 0.4) is 0 Å². The molecule has 2 aliphatic rings. The molecule has 0 N–H and O–H groups in total. The average molecular weight is 415 g/mol. The Bertz CT molecular complexity index is 592. The Morgan fingerprint density at radius 1 is 0.867 bits per heavy atom. The van der Waals surface area contributed by atoms with Crippen LogP contribution in [0.4, 0.5) is 4.39 Å². The van der Waals surface area contributed by atoms with Gasteiger partial charge in [-0.25, -0.2) is 4.39 Å². The van der Waals surface area contributed by atoms with Crippen molar-refractivity contribution in [2.75, 3.05) is 6.61 Å². The van der Waals surface area contributed by atoms with Gasteiger partial charge in [-0.05, 0) is 99.2 Å². The third-order valence-electron chi connectivity index (χ3n) is 7.78. The third-order valence-corrected chi connectivity index (χ3v) is 7.78. The van der Waals surface area contributed by atoms with Crippen LogP contribution in [0.25, 0.3) is 0 Å². The molecule has 0 unspecified atom stereocenters. The van der Waals surface area contributed by atoms with Crippen molar-refractivity contribution in [3.8, 4) is 5.75 Å². The molecule has 2 saturated carbocycles. The van der Waals surface area contributed by atoms with E-state index in [-0.39, 0.29) is 0 Å². The summed E-state index contributed by atoms with van der Waals surface area (Å²) >= 11 is 0. The molecule has 1 aromatic rings. The van der Waals surface area contributed by atoms with E-state index in [1.54, 1.807) is 6.08 Å². The van der Waals surface area contributed by atoms with Gasteiger partial charge in [0, 0.05) is 0 Å². The van der Waals surface area contributed by atoms with Gasteiger partial charge < -0.3 is 4.74 Å². The number of allylic oxidation sites excluding steroid dienone is 1. The number of unbranched alkanes of at least 4 members (excludes halogenated alkanes) is 3. The Morgan fingerprint density at radius 2 is 1.53 bits per heavy atom. The van der Waals surface area contributed by atoms with E-state index in [2.05, 4.69) is 31.2 Å². The number of ether oxygens (including phenoxy) is 1. The molecule has 2 fully saturated rings. The first-order valence-corrected chi connectivity index (χ1v) is 12.8. The Hall–Kier alpha value is -1.31. The average Bonchev–Trinajstić information content (AvgIpc) is 2.80. The van der Waals surface area contributed by atoms with Gasteiger partial charge in [-0.1, -0.05) is 57.2 Å². The molecule has 0 aliphatic heterocycles. The smallest absolute Gasteiger partial charge is 0.119 e. The first-order valence-electron chi connectivity index (χ1n) is 12.8. The van der Waals surface area contributed by atoms with E-state index in [9.17, 15) is 4.39 Å². The third kappa shape index (κ3) is 7.43. The van der Waals surface area contributed by atoms with Gasteiger partial charge in [0.05, 0.1) is 12.9 Å². The second-order valence-corrected chi connectivity index (χ2v) is 9.81. The molecule has 0 radical (unpaired) electrons. The van der Waals surface area contributed by atoms with E-state index in [0.717, 1.165) is 48.9 Å². The summed E-state index contributed by atoms with van der Waals surface area (Å²) in [6, 6.07) is 8.98. The second-order valence-electron chi connectivity index (χ2n) is 9.81. The van der Waals surface area contributed by atoms with Crippen LogP contribution in [0.15, 0.2) is 36.7 Å². The highest BCUT2D eigenvalue weighted by molar-refractivity contribution is 5.29. The molecule has 3 rings (SSSR count). The van der Waals surface area contributed by atoms with Gasteiger partial charge in [-0.3, -0.25) is 0 Å². The number of halogens is 1. The molecule has 0 bridgehead atoms. The summed E-state index contributed by atoms with van der Waals surface area (Å²) in [6.45, 7) is 3.09. The van der Waals surface area contributed by atoms with E-state index in [4.69, 9.17) is 4.74 Å². The summed E-state index contributed by atoms with van der Waals surface area (Å²) in [6.07, 6.45) is 20.6. The molecule has 2 heteroatoms. The summed E-state index contributed by atoms with van der Waals surface area (Å²) in [5.41, 5.74) is 1.51. The van der Waals surface area contributed by atoms with Gasteiger partial charge in [0.15, 0.2) is 0 Å². The van der Waals surface area contributed by atoms with Crippen LogP contribution in [0.5, 0.6) is 5.75 Å². The van der Waals surface area contributed by atoms with E-state index in [1.807, 2.05) is 0 Å². The number of hydrogen-bond acceptors (Lipinski definition) is 1. The lowest BCUT2D eigenvalue weighted by molar-refractivity contribution is 0.157. The van der Waals surface area contributed by atoms with Crippen molar-refractivity contribution in [2.24, 2.45) is 17.8 Å². The summed E-state index contributed by atoms with van der Waals surface area (Å²) < 4.78 is 18.0. The molecule has 0 amide bonds. The van der Waals surface area contributed by atoms with Crippen LogP contribution in [0.2, 0.25) is 0 Å². The van der Waals surface area contributed by atoms with Crippen LogP contribution in [-0.4, -0.2) is 6.61 Å². The molecule has 1 aromatic carbocycles. The lowest BCUT2D eigenvalue weighted by Gasteiger charge is -2.38. The molecular formula is C28H43FO. The van der Waals surface area contributed by atoms with Crippen LogP contribution >= 0.6 is 0 Å². The molecule has 0 aromatic heterocycles. The summed E-state index contributed by atoms with van der Waals surface area (Å²) in [5.74, 6) is 4.49. The monoisotopic (exact) mass is 414 g/mol. The summed E-state index contributed by atoms with van der Waals surface area (Å²) in [5, 5.41) is 0.